The molecule has 1 aromatic carbocycles. The summed E-state index contributed by atoms with van der Waals surface area (Å²) >= 11 is 5.90. The normalized spacial score (nSPS) is 12.7. The molecule has 0 bridgehead atoms. The summed E-state index contributed by atoms with van der Waals surface area (Å²) in [5, 5.41) is 14.3. The van der Waals surface area contributed by atoms with Gasteiger partial charge in [-0.3, -0.25) is 0 Å². The third-order valence-electron chi connectivity index (χ3n) is 3.00. The van der Waals surface area contributed by atoms with Gasteiger partial charge < -0.3 is 5.11 Å². The molecule has 1 N–H and O–H groups in total. The summed E-state index contributed by atoms with van der Waals surface area (Å²) in [6, 6.07) is 7.60. The number of rotatable bonds is 5. The van der Waals surface area contributed by atoms with Crippen LogP contribution in [0.15, 0.2) is 36.9 Å². The molecule has 0 radical (unpaired) electrons. The lowest BCUT2D eigenvalue weighted by Gasteiger charge is -2.23. The van der Waals surface area contributed by atoms with Gasteiger partial charge in [-0.05, 0) is 35.6 Å². The van der Waals surface area contributed by atoms with Crippen molar-refractivity contribution in [1.82, 2.24) is 14.8 Å². The highest BCUT2D eigenvalue weighted by Crippen LogP contribution is 2.28. The van der Waals surface area contributed by atoms with Crippen molar-refractivity contribution in [2.24, 2.45) is 5.41 Å². The van der Waals surface area contributed by atoms with E-state index in [0.29, 0.717) is 11.4 Å². The Morgan fingerprint density at radius 3 is 2.60 bits per heavy atom. The number of nitrogens with zero attached hydrogens (tertiary/aromatic N) is 3. The van der Waals surface area contributed by atoms with Crippen molar-refractivity contribution in [2.45, 2.75) is 20.3 Å². The van der Waals surface area contributed by atoms with Gasteiger partial charge in [0.05, 0.1) is 0 Å². The van der Waals surface area contributed by atoms with Crippen molar-refractivity contribution in [1.29, 1.82) is 0 Å². The second kappa shape index (κ2) is 6.20. The van der Waals surface area contributed by atoms with E-state index in [1.165, 1.54) is 6.33 Å². The second-order valence-corrected chi connectivity index (χ2v) is 5.96. The van der Waals surface area contributed by atoms with Crippen LogP contribution in [0.1, 0.15) is 25.8 Å². The van der Waals surface area contributed by atoms with Crippen LogP contribution in [0.25, 0.3) is 11.8 Å². The molecule has 1 aromatic heterocycles. The lowest BCUT2D eigenvalue weighted by molar-refractivity contribution is 0.163. The number of aliphatic hydroxyl groups excluding tert-OH is 1. The number of halogens is 1. The minimum atomic E-state index is -0.218. The van der Waals surface area contributed by atoms with E-state index < -0.39 is 0 Å². The van der Waals surface area contributed by atoms with Gasteiger partial charge in [0.25, 0.3) is 0 Å². The summed E-state index contributed by atoms with van der Waals surface area (Å²) in [6.45, 7) is 4.14. The van der Waals surface area contributed by atoms with Crippen molar-refractivity contribution >= 4 is 23.4 Å². The predicted molar refractivity (Wildman–Crippen MR) is 81.1 cm³/mol. The van der Waals surface area contributed by atoms with E-state index >= 15 is 0 Å². The average molecular weight is 292 g/mol. The molecule has 0 aliphatic heterocycles. The second-order valence-electron chi connectivity index (χ2n) is 5.53. The fourth-order valence-electron chi connectivity index (χ4n) is 1.85. The molecule has 1 heterocycles. The molecule has 0 fully saturated rings. The van der Waals surface area contributed by atoms with Crippen LogP contribution in [0.2, 0.25) is 5.02 Å². The number of aromatic nitrogens is 3. The van der Waals surface area contributed by atoms with Gasteiger partial charge in [-0.1, -0.05) is 37.6 Å². The third kappa shape index (κ3) is 3.92. The quantitative estimate of drug-likeness (QED) is 0.919. The van der Waals surface area contributed by atoms with Crippen LogP contribution in [0.3, 0.4) is 0 Å². The van der Waals surface area contributed by atoms with E-state index in [9.17, 15) is 5.11 Å². The van der Waals surface area contributed by atoms with Crippen molar-refractivity contribution in [3.05, 3.63) is 47.5 Å². The highest BCUT2D eigenvalue weighted by molar-refractivity contribution is 6.30. The molecule has 0 spiro atoms. The molecule has 2 rings (SSSR count). The molecule has 106 valence electrons. The van der Waals surface area contributed by atoms with Crippen LogP contribution in [0.4, 0.5) is 0 Å². The van der Waals surface area contributed by atoms with Gasteiger partial charge in [0.1, 0.15) is 12.7 Å². The largest absolute Gasteiger partial charge is 0.396 e. The molecule has 0 aliphatic rings. The Labute approximate surface area is 123 Å². The maximum Gasteiger partial charge on any atom is 0.138 e. The van der Waals surface area contributed by atoms with Gasteiger partial charge in [0.15, 0.2) is 0 Å². The summed E-state index contributed by atoms with van der Waals surface area (Å²) < 4.78 is 1.73. The highest BCUT2D eigenvalue weighted by atomic mass is 35.5. The van der Waals surface area contributed by atoms with Crippen molar-refractivity contribution in [3.63, 3.8) is 0 Å². The summed E-state index contributed by atoms with van der Waals surface area (Å²) in [6.07, 6.45) is 5.88. The Balaban J connectivity index is 2.34. The minimum Gasteiger partial charge on any atom is -0.396 e. The molecule has 0 saturated heterocycles. The van der Waals surface area contributed by atoms with Crippen LogP contribution in [0, 0.1) is 5.41 Å². The van der Waals surface area contributed by atoms with E-state index in [1.807, 2.05) is 44.2 Å². The maximum absolute atomic E-state index is 9.45. The first-order valence-corrected chi connectivity index (χ1v) is 6.80. The van der Waals surface area contributed by atoms with Gasteiger partial charge in [-0.2, -0.15) is 5.10 Å². The molecule has 0 saturated carbocycles. The van der Waals surface area contributed by atoms with Crippen molar-refractivity contribution in [2.75, 3.05) is 6.61 Å². The summed E-state index contributed by atoms with van der Waals surface area (Å²) in [5.41, 5.74) is 1.79. The third-order valence-corrected chi connectivity index (χ3v) is 3.26. The van der Waals surface area contributed by atoms with Crippen LogP contribution < -0.4 is 0 Å². The fourth-order valence-corrected chi connectivity index (χ4v) is 1.98. The van der Waals surface area contributed by atoms with E-state index in [1.54, 1.807) is 11.0 Å². The van der Waals surface area contributed by atoms with Crippen LogP contribution in [0.5, 0.6) is 0 Å². The summed E-state index contributed by atoms with van der Waals surface area (Å²) in [7, 11) is 0. The molecule has 5 heteroatoms. The van der Waals surface area contributed by atoms with Crippen LogP contribution >= 0.6 is 11.6 Å². The summed E-state index contributed by atoms with van der Waals surface area (Å²) in [4.78, 5) is 3.98. The van der Waals surface area contributed by atoms with Gasteiger partial charge in [-0.15, -0.1) is 0 Å². The van der Waals surface area contributed by atoms with Crippen molar-refractivity contribution in [3.8, 4) is 0 Å². The molecule has 0 unspecified atom stereocenters. The zero-order chi connectivity index (χ0) is 14.6. The monoisotopic (exact) mass is 291 g/mol. The van der Waals surface area contributed by atoms with E-state index in [2.05, 4.69) is 10.1 Å². The first kappa shape index (κ1) is 14.8. The molecule has 2 aromatic rings. The zero-order valence-corrected chi connectivity index (χ0v) is 12.4. The number of aliphatic hydroxyl groups is 1. The zero-order valence-electron chi connectivity index (χ0n) is 11.6. The average Bonchev–Trinajstić information content (AvgIpc) is 2.94. The van der Waals surface area contributed by atoms with Gasteiger partial charge in [0.2, 0.25) is 0 Å². The molecule has 0 amide bonds. The molecule has 4 nitrogen and oxygen atoms in total. The van der Waals surface area contributed by atoms with Gasteiger partial charge >= 0.3 is 0 Å². The van der Waals surface area contributed by atoms with E-state index in [4.69, 9.17) is 11.6 Å². The molecule has 20 heavy (non-hydrogen) atoms. The smallest absolute Gasteiger partial charge is 0.138 e. The Bertz CT molecular complexity index is 574. The Hall–Kier alpha value is -1.65. The number of benzene rings is 1. The van der Waals surface area contributed by atoms with Gasteiger partial charge in [-0.25, -0.2) is 9.67 Å². The van der Waals surface area contributed by atoms with Gasteiger partial charge in [0, 0.05) is 17.3 Å². The number of hydrogen-bond acceptors (Lipinski definition) is 3. The highest BCUT2D eigenvalue weighted by Gasteiger charge is 2.20. The lowest BCUT2D eigenvalue weighted by Crippen LogP contribution is -2.18. The molecular weight excluding hydrogens is 274 g/mol. The summed E-state index contributed by atoms with van der Waals surface area (Å²) in [5.74, 6) is 0. The Kier molecular flexibility index (Phi) is 4.57. The lowest BCUT2D eigenvalue weighted by atomic mass is 9.88. The predicted octanol–water partition coefficient (Wildman–Crippen LogP) is 3.34. The standard InChI is InChI=1S/C15H18ClN3O/c1-15(2,9-20)8-14(19-11-17-10-18-19)7-12-3-5-13(16)6-4-12/h3-7,10-11,20H,8-9H2,1-2H3/b14-7-. The molecular formula is C15H18ClN3O. The van der Waals surface area contributed by atoms with E-state index in [-0.39, 0.29) is 12.0 Å². The fraction of sp³-hybridized carbons (Fsp3) is 0.333. The first-order valence-electron chi connectivity index (χ1n) is 6.42. The topological polar surface area (TPSA) is 50.9 Å². The Morgan fingerprint density at radius 1 is 1.35 bits per heavy atom. The van der Waals surface area contributed by atoms with Crippen molar-refractivity contribution < 1.29 is 5.11 Å². The first-order chi connectivity index (χ1) is 9.50. The maximum atomic E-state index is 9.45. The van der Waals surface area contributed by atoms with Crippen LogP contribution in [-0.4, -0.2) is 26.5 Å². The SMILES string of the molecule is CC(C)(CO)C/C(=C/c1ccc(Cl)cc1)n1cncn1. The molecule has 0 atom stereocenters. The number of allylic oxidation sites excluding steroid dienone is 1. The Morgan fingerprint density at radius 2 is 2.05 bits per heavy atom. The van der Waals surface area contributed by atoms with E-state index in [0.717, 1.165) is 11.3 Å². The number of hydrogen-bond donors (Lipinski definition) is 1. The minimum absolute atomic E-state index is 0.111. The van der Waals surface area contributed by atoms with Crippen LogP contribution in [-0.2, 0) is 0 Å². The molecule has 0 aliphatic carbocycles.